The molecule has 2 fully saturated rings. The summed E-state index contributed by atoms with van der Waals surface area (Å²) in [5.74, 6) is 1.04. The van der Waals surface area contributed by atoms with Gasteiger partial charge in [-0.1, -0.05) is 12.5 Å². The van der Waals surface area contributed by atoms with E-state index < -0.39 is 10.0 Å². The van der Waals surface area contributed by atoms with Crippen LogP contribution in [0, 0.1) is 0 Å². The van der Waals surface area contributed by atoms with Gasteiger partial charge in [-0.05, 0) is 68.0 Å². The Labute approximate surface area is 200 Å². The Kier molecular flexibility index (Phi) is 6.65. The van der Waals surface area contributed by atoms with Crippen molar-refractivity contribution in [3.63, 3.8) is 0 Å². The molecular weight excluding hydrogens is 454 g/mol. The minimum absolute atomic E-state index is 0.197. The predicted octanol–water partition coefficient (Wildman–Crippen LogP) is 3.51. The van der Waals surface area contributed by atoms with E-state index in [4.69, 9.17) is 9.47 Å². The second-order valence-corrected chi connectivity index (χ2v) is 11.0. The maximum Gasteiger partial charge on any atom is 0.251 e. The molecular formula is C25H31N3O5S. The summed E-state index contributed by atoms with van der Waals surface area (Å²) >= 11 is 0. The fraction of sp³-hybridized carbons (Fsp3) is 0.480. The van der Waals surface area contributed by atoms with Crippen LogP contribution in [0.15, 0.2) is 41.3 Å². The van der Waals surface area contributed by atoms with Crippen molar-refractivity contribution in [2.75, 3.05) is 37.9 Å². The van der Waals surface area contributed by atoms with Gasteiger partial charge in [0.1, 0.15) is 4.90 Å². The van der Waals surface area contributed by atoms with E-state index in [0.29, 0.717) is 42.4 Å². The first-order chi connectivity index (χ1) is 16.5. The van der Waals surface area contributed by atoms with Crippen molar-refractivity contribution < 1.29 is 22.7 Å². The topological polar surface area (TPSA) is 88.2 Å². The third-order valence-electron chi connectivity index (χ3n) is 6.74. The molecule has 3 aliphatic rings. The number of carbonyl (C=O) groups is 1. The molecule has 0 spiro atoms. The fourth-order valence-electron chi connectivity index (χ4n) is 4.84. The standard InChI is InChI=1S/C25H31N3O5S/c29-25(26-17-19-7-10-22-23(15-19)33-18-32-22)20-8-9-21(27-11-3-1-4-12-27)24(16-20)34(30,31)28-13-5-2-6-14-28/h7-10,15-16H,1-6,11-14,17-18H2,(H,26,29). The van der Waals surface area contributed by atoms with E-state index in [1.54, 1.807) is 22.5 Å². The number of amides is 1. The number of sulfonamides is 1. The smallest absolute Gasteiger partial charge is 0.251 e. The highest BCUT2D eigenvalue weighted by molar-refractivity contribution is 7.89. The second kappa shape index (κ2) is 9.84. The van der Waals surface area contributed by atoms with Crippen LogP contribution in [-0.2, 0) is 16.6 Å². The number of benzene rings is 2. The maximum absolute atomic E-state index is 13.7. The number of ether oxygens (including phenoxy) is 2. The van der Waals surface area contributed by atoms with Gasteiger partial charge in [-0.25, -0.2) is 8.42 Å². The van der Waals surface area contributed by atoms with Crippen molar-refractivity contribution in [3.05, 3.63) is 47.5 Å². The van der Waals surface area contributed by atoms with Crippen molar-refractivity contribution in [1.82, 2.24) is 9.62 Å². The highest BCUT2D eigenvalue weighted by Crippen LogP contribution is 2.33. The summed E-state index contributed by atoms with van der Waals surface area (Å²) in [6, 6.07) is 10.6. The first-order valence-corrected chi connectivity index (χ1v) is 13.5. The normalized spacial score (nSPS) is 18.6. The van der Waals surface area contributed by atoms with Gasteiger partial charge in [0.05, 0.1) is 5.69 Å². The van der Waals surface area contributed by atoms with Gasteiger partial charge in [0, 0.05) is 38.3 Å². The lowest BCUT2D eigenvalue weighted by Crippen LogP contribution is -2.38. The SMILES string of the molecule is O=C(NCc1ccc2c(c1)OCO2)c1ccc(N2CCCCC2)c(S(=O)(=O)N2CCCCC2)c1. The number of nitrogens with zero attached hydrogens (tertiary/aromatic N) is 2. The first-order valence-electron chi connectivity index (χ1n) is 12.1. The Morgan fingerprint density at radius 1 is 0.853 bits per heavy atom. The van der Waals surface area contributed by atoms with Crippen LogP contribution in [0.4, 0.5) is 5.69 Å². The molecule has 0 aromatic heterocycles. The van der Waals surface area contributed by atoms with E-state index in [-0.39, 0.29) is 17.6 Å². The number of fused-ring (bicyclic) bond motifs is 1. The molecule has 9 heteroatoms. The third-order valence-corrected chi connectivity index (χ3v) is 8.67. The average Bonchev–Trinajstić information content (AvgIpc) is 3.36. The van der Waals surface area contributed by atoms with Crippen LogP contribution in [0.25, 0.3) is 0 Å². The molecule has 2 aromatic rings. The molecule has 2 saturated heterocycles. The molecule has 0 bridgehead atoms. The van der Waals surface area contributed by atoms with E-state index in [1.807, 2.05) is 18.2 Å². The van der Waals surface area contributed by atoms with Gasteiger partial charge < -0.3 is 19.7 Å². The summed E-state index contributed by atoms with van der Waals surface area (Å²) in [4.78, 5) is 15.4. The number of nitrogens with one attached hydrogen (secondary N) is 1. The van der Waals surface area contributed by atoms with Gasteiger partial charge in [0.15, 0.2) is 11.5 Å². The van der Waals surface area contributed by atoms with E-state index in [1.165, 1.54) is 0 Å². The van der Waals surface area contributed by atoms with Crippen molar-refractivity contribution in [2.45, 2.75) is 50.0 Å². The Bertz CT molecular complexity index is 1160. The Morgan fingerprint density at radius 3 is 2.32 bits per heavy atom. The molecule has 2 aromatic carbocycles. The highest BCUT2D eigenvalue weighted by Gasteiger charge is 2.31. The van der Waals surface area contributed by atoms with E-state index in [9.17, 15) is 13.2 Å². The molecule has 34 heavy (non-hydrogen) atoms. The summed E-state index contributed by atoms with van der Waals surface area (Å²) in [6.07, 6.45) is 6.03. The van der Waals surface area contributed by atoms with Crippen LogP contribution in [0.5, 0.6) is 11.5 Å². The van der Waals surface area contributed by atoms with Gasteiger partial charge in [-0.2, -0.15) is 4.31 Å². The average molecular weight is 486 g/mol. The molecule has 0 aliphatic carbocycles. The number of carbonyl (C=O) groups excluding carboxylic acids is 1. The van der Waals surface area contributed by atoms with E-state index in [2.05, 4.69) is 10.2 Å². The molecule has 8 nitrogen and oxygen atoms in total. The summed E-state index contributed by atoms with van der Waals surface area (Å²) in [5.41, 5.74) is 1.93. The van der Waals surface area contributed by atoms with Crippen LogP contribution < -0.4 is 19.7 Å². The first kappa shape index (κ1) is 23.0. The van der Waals surface area contributed by atoms with Crippen LogP contribution in [0.3, 0.4) is 0 Å². The van der Waals surface area contributed by atoms with Gasteiger partial charge in [-0.3, -0.25) is 4.79 Å². The Morgan fingerprint density at radius 2 is 1.56 bits per heavy atom. The van der Waals surface area contributed by atoms with Crippen molar-refractivity contribution in [1.29, 1.82) is 0 Å². The number of piperidine rings is 2. The lowest BCUT2D eigenvalue weighted by atomic mass is 10.1. The Hall–Kier alpha value is -2.78. The lowest BCUT2D eigenvalue weighted by Gasteiger charge is -2.33. The van der Waals surface area contributed by atoms with Crippen molar-refractivity contribution in [3.8, 4) is 11.5 Å². The predicted molar refractivity (Wildman–Crippen MR) is 129 cm³/mol. The quantitative estimate of drug-likeness (QED) is 0.674. The van der Waals surface area contributed by atoms with Crippen LogP contribution in [0.2, 0.25) is 0 Å². The number of hydrogen-bond donors (Lipinski definition) is 1. The number of anilines is 1. The lowest BCUT2D eigenvalue weighted by molar-refractivity contribution is 0.0950. The van der Waals surface area contributed by atoms with Crippen LogP contribution >= 0.6 is 0 Å². The monoisotopic (exact) mass is 485 g/mol. The van der Waals surface area contributed by atoms with Gasteiger partial charge >= 0.3 is 0 Å². The second-order valence-electron chi connectivity index (χ2n) is 9.07. The van der Waals surface area contributed by atoms with Gasteiger partial charge in [0.25, 0.3) is 5.91 Å². The van der Waals surface area contributed by atoms with E-state index >= 15 is 0 Å². The zero-order valence-electron chi connectivity index (χ0n) is 19.3. The molecule has 1 amide bonds. The molecule has 0 unspecified atom stereocenters. The zero-order valence-corrected chi connectivity index (χ0v) is 20.1. The summed E-state index contributed by atoms with van der Waals surface area (Å²) in [7, 11) is -3.69. The fourth-order valence-corrected chi connectivity index (χ4v) is 6.59. The van der Waals surface area contributed by atoms with Gasteiger partial charge in [-0.15, -0.1) is 0 Å². The largest absolute Gasteiger partial charge is 0.454 e. The molecule has 5 rings (SSSR count). The third kappa shape index (κ3) is 4.72. The zero-order chi connectivity index (χ0) is 23.5. The summed E-state index contributed by atoms with van der Waals surface area (Å²) < 4.78 is 39.6. The molecule has 0 saturated carbocycles. The molecule has 3 aliphatic heterocycles. The van der Waals surface area contributed by atoms with Crippen molar-refractivity contribution >= 4 is 21.6 Å². The highest BCUT2D eigenvalue weighted by atomic mass is 32.2. The minimum atomic E-state index is -3.69. The Balaban J connectivity index is 1.39. The maximum atomic E-state index is 13.7. The summed E-state index contributed by atoms with van der Waals surface area (Å²) in [5, 5.41) is 2.91. The van der Waals surface area contributed by atoms with Crippen molar-refractivity contribution in [2.24, 2.45) is 0 Å². The number of hydrogen-bond acceptors (Lipinski definition) is 6. The van der Waals surface area contributed by atoms with E-state index in [0.717, 1.165) is 57.2 Å². The molecule has 0 radical (unpaired) electrons. The minimum Gasteiger partial charge on any atom is -0.454 e. The molecule has 0 atom stereocenters. The van der Waals surface area contributed by atoms with Gasteiger partial charge in [0.2, 0.25) is 16.8 Å². The number of rotatable bonds is 6. The molecule has 3 heterocycles. The van der Waals surface area contributed by atoms with Crippen LogP contribution in [0.1, 0.15) is 54.4 Å². The molecule has 182 valence electrons. The van der Waals surface area contributed by atoms with Crippen LogP contribution in [-0.4, -0.2) is 51.6 Å². The summed E-state index contributed by atoms with van der Waals surface area (Å²) in [6.45, 7) is 3.22. The molecule has 1 N–H and O–H groups in total.